The van der Waals surface area contributed by atoms with Crippen LogP contribution < -0.4 is 10.0 Å². The second-order valence-corrected chi connectivity index (χ2v) is 10.8. The minimum absolute atomic E-state index is 0.286. The molecule has 2 N–H and O–H groups in total. The maximum atomic E-state index is 12.8. The van der Waals surface area contributed by atoms with E-state index < -0.39 is 10.0 Å². The van der Waals surface area contributed by atoms with Gasteiger partial charge < -0.3 is 10.1 Å². The number of amides is 1. The topological polar surface area (TPSA) is 97.4 Å². The Balaban J connectivity index is 1.48. The highest BCUT2D eigenvalue weighted by Gasteiger charge is 2.25. The summed E-state index contributed by atoms with van der Waals surface area (Å²) in [5.74, 6) is 0.616. The first-order valence-electron chi connectivity index (χ1n) is 10.4. The highest BCUT2D eigenvalue weighted by molar-refractivity contribution is 7.89. The summed E-state index contributed by atoms with van der Waals surface area (Å²) in [4.78, 5) is 16.1. The number of sulfonamides is 1. The van der Waals surface area contributed by atoms with Crippen LogP contribution in [0.5, 0.6) is 0 Å². The standard InChI is InChI=1S/C22H31N3O4S/c1-22(2,3)25-21(26)29-15-17-9-7-16(8-10-17)13-24-30(27,28)20-6-4-5-18-14-23-12-11-19(18)20/h4-6,11-12,14,16-17,24H,7-10,13,15H2,1-3H3,(H,25,26). The van der Waals surface area contributed by atoms with Crippen molar-refractivity contribution in [2.75, 3.05) is 13.2 Å². The van der Waals surface area contributed by atoms with Gasteiger partial charge in [0.05, 0.1) is 11.5 Å². The van der Waals surface area contributed by atoms with E-state index in [2.05, 4.69) is 15.0 Å². The lowest BCUT2D eigenvalue weighted by molar-refractivity contribution is 0.103. The molecule has 7 nitrogen and oxygen atoms in total. The van der Waals surface area contributed by atoms with Crippen molar-refractivity contribution in [3.05, 3.63) is 36.7 Å². The van der Waals surface area contributed by atoms with Crippen LogP contribution in [0.2, 0.25) is 0 Å². The highest BCUT2D eigenvalue weighted by atomic mass is 32.2. The first kappa shape index (κ1) is 22.5. The van der Waals surface area contributed by atoms with Crippen molar-refractivity contribution in [3.63, 3.8) is 0 Å². The third-order valence-corrected chi connectivity index (χ3v) is 6.87. The molecule has 1 fully saturated rings. The molecule has 30 heavy (non-hydrogen) atoms. The van der Waals surface area contributed by atoms with E-state index in [-0.39, 0.29) is 22.4 Å². The van der Waals surface area contributed by atoms with Gasteiger partial charge in [-0.25, -0.2) is 17.9 Å². The number of benzene rings is 1. The summed E-state index contributed by atoms with van der Waals surface area (Å²) in [5.41, 5.74) is -0.313. The molecular weight excluding hydrogens is 402 g/mol. The molecule has 0 atom stereocenters. The van der Waals surface area contributed by atoms with Crippen molar-refractivity contribution in [3.8, 4) is 0 Å². The Morgan fingerprint density at radius 1 is 1.13 bits per heavy atom. The van der Waals surface area contributed by atoms with Crippen LogP contribution in [0, 0.1) is 11.8 Å². The van der Waals surface area contributed by atoms with Crippen LogP contribution in [0.4, 0.5) is 4.79 Å². The normalized spacial score (nSPS) is 20.1. The number of aromatic nitrogens is 1. The number of nitrogens with zero attached hydrogens (tertiary/aromatic N) is 1. The fourth-order valence-electron chi connectivity index (χ4n) is 3.77. The van der Waals surface area contributed by atoms with E-state index in [0.717, 1.165) is 31.1 Å². The van der Waals surface area contributed by atoms with E-state index in [1.54, 1.807) is 30.6 Å². The van der Waals surface area contributed by atoms with Crippen molar-refractivity contribution in [1.29, 1.82) is 0 Å². The Morgan fingerprint density at radius 3 is 2.53 bits per heavy atom. The minimum Gasteiger partial charge on any atom is -0.449 e. The third kappa shape index (κ3) is 6.15. The van der Waals surface area contributed by atoms with Crippen molar-refractivity contribution >= 4 is 26.9 Å². The van der Waals surface area contributed by atoms with Gasteiger partial charge in [-0.05, 0) is 70.4 Å². The number of hydrogen-bond donors (Lipinski definition) is 2. The molecule has 8 heteroatoms. The van der Waals surface area contributed by atoms with Gasteiger partial charge in [-0.2, -0.15) is 0 Å². The monoisotopic (exact) mass is 433 g/mol. The molecule has 1 aromatic carbocycles. The molecule has 0 radical (unpaired) electrons. The number of fused-ring (bicyclic) bond motifs is 1. The average molecular weight is 434 g/mol. The summed E-state index contributed by atoms with van der Waals surface area (Å²) in [6, 6.07) is 6.94. The second kappa shape index (κ2) is 9.31. The number of rotatable bonds is 6. The van der Waals surface area contributed by atoms with Crippen LogP contribution in [0.15, 0.2) is 41.6 Å². The molecule has 0 unspecified atom stereocenters. The summed E-state index contributed by atoms with van der Waals surface area (Å²) in [7, 11) is -3.59. The Hall–Kier alpha value is -2.19. The van der Waals surface area contributed by atoms with Crippen LogP contribution >= 0.6 is 0 Å². The largest absolute Gasteiger partial charge is 0.449 e. The van der Waals surface area contributed by atoms with Gasteiger partial charge in [0, 0.05) is 35.2 Å². The minimum atomic E-state index is -3.59. The maximum Gasteiger partial charge on any atom is 0.407 e. The first-order valence-corrected chi connectivity index (χ1v) is 11.9. The van der Waals surface area contributed by atoms with Gasteiger partial charge in [0.25, 0.3) is 0 Å². The molecule has 0 bridgehead atoms. The smallest absolute Gasteiger partial charge is 0.407 e. The summed E-state index contributed by atoms with van der Waals surface area (Å²) < 4.78 is 33.8. The van der Waals surface area contributed by atoms with Gasteiger partial charge in [-0.15, -0.1) is 0 Å². The zero-order valence-electron chi connectivity index (χ0n) is 17.8. The van der Waals surface area contributed by atoms with Gasteiger partial charge in [0.15, 0.2) is 0 Å². The fraction of sp³-hybridized carbons (Fsp3) is 0.545. The number of nitrogens with one attached hydrogen (secondary N) is 2. The van der Waals surface area contributed by atoms with Crippen LogP contribution in [-0.2, 0) is 14.8 Å². The van der Waals surface area contributed by atoms with Gasteiger partial charge in [-0.1, -0.05) is 12.1 Å². The number of hydrogen-bond acceptors (Lipinski definition) is 5. The molecule has 1 saturated carbocycles. The van der Waals surface area contributed by atoms with E-state index >= 15 is 0 Å². The van der Waals surface area contributed by atoms with Crippen molar-refractivity contribution in [2.24, 2.45) is 11.8 Å². The molecule has 1 heterocycles. The molecular formula is C22H31N3O4S. The summed E-state index contributed by atoms with van der Waals surface area (Å²) in [5, 5.41) is 4.27. The first-order chi connectivity index (χ1) is 14.1. The average Bonchev–Trinajstić information content (AvgIpc) is 2.70. The van der Waals surface area contributed by atoms with E-state index in [1.807, 2.05) is 26.8 Å². The lowest BCUT2D eigenvalue weighted by Gasteiger charge is -2.29. The third-order valence-electron chi connectivity index (χ3n) is 5.39. The molecule has 2 aromatic rings. The molecule has 1 aliphatic carbocycles. The quantitative estimate of drug-likeness (QED) is 0.721. The number of alkyl carbamates (subject to hydrolysis) is 1. The van der Waals surface area contributed by atoms with Crippen LogP contribution in [-0.4, -0.2) is 38.2 Å². The zero-order valence-corrected chi connectivity index (χ0v) is 18.7. The van der Waals surface area contributed by atoms with Crippen molar-refractivity contribution < 1.29 is 17.9 Å². The molecule has 1 aromatic heterocycles. The molecule has 0 aliphatic heterocycles. The Morgan fingerprint density at radius 2 is 1.83 bits per heavy atom. The molecule has 1 aliphatic rings. The lowest BCUT2D eigenvalue weighted by atomic mass is 9.82. The van der Waals surface area contributed by atoms with Gasteiger partial charge in [0.1, 0.15) is 0 Å². The number of pyridine rings is 1. The van der Waals surface area contributed by atoms with E-state index in [0.29, 0.717) is 24.5 Å². The zero-order chi connectivity index (χ0) is 21.8. The Bertz CT molecular complexity index is 972. The van der Waals surface area contributed by atoms with Gasteiger partial charge >= 0.3 is 6.09 Å². The lowest BCUT2D eigenvalue weighted by Crippen LogP contribution is -2.41. The van der Waals surface area contributed by atoms with Gasteiger partial charge in [0.2, 0.25) is 10.0 Å². The second-order valence-electron chi connectivity index (χ2n) is 9.07. The Kier molecular flexibility index (Phi) is 6.98. The highest BCUT2D eigenvalue weighted by Crippen LogP contribution is 2.29. The van der Waals surface area contributed by atoms with Crippen LogP contribution in [0.1, 0.15) is 46.5 Å². The fourth-order valence-corrected chi connectivity index (χ4v) is 5.11. The number of carbonyl (C=O) groups is 1. The van der Waals surface area contributed by atoms with E-state index in [9.17, 15) is 13.2 Å². The van der Waals surface area contributed by atoms with E-state index in [1.165, 1.54) is 0 Å². The van der Waals surface area contributed by atoms with Crippen LogP contribution in [0.3, 0.4) is 0 Å². The molecule has 0 saturated heterocycles. The molecule has 3 rings (SSSR count). The van der Waals surface area contributed by atoms with Gasteiger partial charge in [-0.3, -0.25) is 4.98 Å². The van der Waals surface area contributed by atoms with Crippen molar-refractivity contribution in [2.45, 2.75) is 56.9 Å². The molecule has 164 valence electrons. The summed E-state index contributed by atoms with van der Waals surface area (Å²) >= 11 is 0. The molecule has 1 amide bonds. The summed E-state index contributed by atoms with van der Waals surface area (Å²) in [6.45, 7) is 6.56. The predicted molar refractivity (Wildman–Crippen MR) is 117 cm³/mol. The molecule has 0 spiro atoms. The Labute approximate surface area is 178 Å². The number of carbonyl (C=O) groups excluding carboxylic acids is 1. The predicted octanol–water partition coefficient (Wildman–Crippen LogP) is 3.84. The van der Waals surface area contributed by atoms with Crippen LogP contribution in [0.25, 0.3) is 10.8 Å². The SMILES string of the molecule is CC(C)(C)NC(=O)OCC1CCC(CNS(=O)(=O)c2cccc3cnccc23)CC1. The maximum absolute atomic E-state index is 12.8. The van der Waals surface area contributed by atoms with E-state index in [4.69, 9.17) is 4.74 Å². The summed E-state index contributed by atoms with van der Waals surface area (Å²) in [6.07, 6.45) is 6.56. The number of ether oxygens (including phenoxy) is 1. The van der Waals surface area contributed by atoms with Crippen molar-refractivity contribution in [1.82, 2.24) is 15.0 Å².